The standard InChI is InChI=1S/C17H23NO3/c1-12(18-10-4-7-16(19)20)17(21)15-9-8-13-5-2-3-6-14(13)11-15/h8-9,11-12,18H,2-7,10H2,1H3,(H,19,20). The molecule has 0 bridgehead atoms. The normalized spacial score (nSPS) is 15.3. The van der Waals surface area contributed by atoms with Crippen LogP contribution in [0.1, 0.15) is 54.1 Å². The number of fused-ring (bicyclic) bond motifs is 1. The van der Waals surface area contributed by atoms with Gasteiger partial charge in [-0.1, -0.05) is 12.1 Å². The van der Waals surface area contributed by atoms with Crippen LogP contribution in [-0.2, 0) is 17.6 Å². The highest BCUT2D eigenvalue weighted by atomic mass is 16.4. The molecule has 0 aromatic heterocycles. The molecule has 4 heteroatoms. The van der Waals surface area contributed by atoms with E-state index in [4.69, 9.17) is 5.11 Å². The van der Waals surface area contributed by atoms with Crippen LogP contribution in [0, 0.1) is 0 Å². The van der Waals surface area contributed by atoms with Crippen molar-refractivity contribution in [2.75, 3.05) is 6.54 Å². The summed E-state index contributed by atoms with van der Waals surface area (Å²) in [7, 11) is 0. The lowest BCUT2D eigenvalue weighted by Gasteiger charge is -2.18. The van der Waals surface area contributed by atoms with Gasteiger partial charge in [0.1, 0.15) is 0 Å². The van der Waals surface area contributed by atoms with Crippen molar-refractivity contribution in [1.82, 2.24) is 5.32 Å². The summed E-state index contributed by atoms with van der Waals surface area (Å²) in [5.74, 6) is -0.718. The molecular formula is C17H23NO3. The second-order valence-corrected chi connectivity index (χ2v) is 5.73. The summed E-state index contributed by atoms with van der Waals surface area (Å²) in [5, 5.41) is 11.7. The zero-order chi connectivity index (χ0) is 15.2. The van der Waals surface area contributed by atoms with Gasteiger partial charge in [-0.2, -0.15) is 0 Å². The van der Waals surface area contributed by atoms with Gasteiger partial charge in [0.2, 0.25) is 0 Å². The summed E-state index contributed by atoms with van der Waals surface area (Å²) in [5.41, 5.74) is 3.44. The van der Waals surface area contributed by atoms with Crippen LogP contribution in [-0.4, -0.2) is 29.4 Å². The van der Waals surface area contributed by atoms with Crippen LogP contribution in [0.5, 0.6) is 0 Å². The number of carboxylic acid groups (broad SMARTS) is 1. The average molecular weight is 289 g/mol. The summed E-state index contributed by atoms with van der Waals surface area (Å²) >= 11 is 0. The van der Waals surface area contributed by atoms with Gasteiger partial charge >= 0.3 is 5.97 Å². The SMILES string of the molecule is CC(NCCCC(=O)O)C(=O)c1ccc2c(c1)CCCC2. The van der Waals surface area contributed by atoms with Gasteiger partial charge in [-0.3, -0.25) is 9.59 Å². The van der Waals surface area contributed by atoms with E-state index in [2.05, 4.69) is 11.4 Å². The molecule has 1 aliphatic carbocycles. The fraction of sp³-hybridized carbons (Fsp3) is 0.529. The number of Topliss-reactive ketones (excluding diaryl/α,β-unsaturated/α-hetero) is 1. The molecule has 1 aromatic carbocycles. The number of hydrogen-bond acceptors (Lipinski definition) is 3. The number of hydrogen-bond donors (Lipinski definition) is 2. The van der Waals surface area contributed by atoms with Gasteiger partial charge in [-0.05, 0) is 62.8 Å². The highest BCUT2D eigenvalue weighted by Crippen LogP contribution is 2.22. The van der Waals surface area contributed by atoms with Gasteiger partial charge in [0.05, 0.1) is 6.04 Å². The van der Waals surface area contributed by atoms with Gasteiger partial charge in [0.15, 0.2) is 5.78 Å². The van der Waals surface area contributed by atoms with Crippen LogP contribution in [0.25, 0.3) is 0 Å². The lowest BCUT2D eigenvalue weighted by Crippen LogP contribution is -2.35. The van der Waals surface area contributed by atoms with E-state index in [9.17, 15) is 9.59 Å². The largest absolute Gasteiger partial charge is 0.481 e. The quantitative estimate of drug-likeness (QED) is 0.598. The molecule has 0 radical (unpaired) electrons. The van der Waals surface area contributed by atoms with Crippen LogP contribution in [0.15, 0.2) is 18.2 Å². The highest BCUT2D eigenvalue weighted by Gasteiger charge is 2.17. The predicted molar refractivity (Wildman–Crippen MR) is 81.7 cm³/mol. The van der Waals surface area contributed by atoms with E-state index in [-0.39, 0.29) is 18.2 Å². The molecule has 0 amide bonds. The Kier molecular flexibility index (Phi) is 5.51. The van der Waals surface area contributed by atoms with E-state index in [1.807, 2.05) is 19.1 Å². The molecule has 0 heterocycles. The van der Waals surface area contributed by atoms with Gasteiger partial charge in [-0.15, -0.1) is 0 Å². The first kappa shape index (κ1) is 15.7. The number of carbonyl (C=O) groups is 2. The Morgan fingerprint density at radius 2 is 1.95 bits per heavy atom. The summed E-state index contributed by atoms with van der Waals surface area (Å²) in [6.45, 7) is 2.38. The Hall–Kier alpha value is -1.68. The van der Waals surface area contributed by atoms with Crippen molar-refractivity contribution in [1.29, 1.82) is 0 Å². The van der Waals surface area contributed by atoms with Crippen LogP contribution < -0.4 is 5.32 Å². The summed E-state index contributed by atoms with van der Waals surface area (Å²) in [4.78, 5) is 22.8. The number of aliphatic carboxylic acids is 1. The minimum Gasteiger partial charge on any atom is -0.481 e. The van der Waals surface area contributed by atoms with Gasteiger partial charge in [0.25, 0.3) is 0 Å². The Balaban J connectivity index is 1.91. The molecule has 114 valence electrons. The molecule has 1 aliphatic rings. The van der Waals surface area contributed by atoms with E-state index in [1.165, 1.54) is 24.0 Å². The van der Waals surface area contributed by atoms with E-state index < -0.39 is 5.97 Å². The van der Waals surface area contributed by atoms with Gasteiger partial charge < -0.3 is 10.4 Å². The van der Waals surface area contributed by atoms with Crippen LogP contribution in [0.3, 0.4) is 0 Å². The topological polar surface area (TPSA) is 66.4 Å². The maximum atomic E-state index is 12.4. The molecule has 1 atom stereocenters. The number of carbonyl (C=O) groups excluding carboxylic acids is 1. The van der Waals surface area contributed by atoms with Crippen molar-refractivity contribution < 1.29 is 14.7 Å². The summed E-state index contributed by atoms with van der Waals surface area (Å²) in [6, 6.07) is 5.76. The number of ketones is 1. The molecule has 1 aromatic rings. The Morgan fingerprint density at radius 1 is 1.24 bits per heavy atom. The van der Waals surface area contributed by atoms with Crippen molar-refractivity contribution >= 4 is 11.8 Å². The minimum atomic E-state index is -0.800. The molecule has 4 nitrogen and oxygen atoms in total. The molecule has 0 saturated heterocycles. The monoisotopic (exact) mass is 289 g/mol. The third-order valence-corrected chi connectivity index (χ3v) is 4.04. The molecule has 1 unspecified atom stereocenters. The van der Waals surface area contributed by atoms with Crippen molar-refractivity contribution in [2.45, 2.75) is 51.5 Å². The van der Waals surface area contributed by atoms with Gasteiger partial charge in [0, 0.05) is 12.0 Å². The van der Waals surface area contributed by atoms with Crippen molar-refractivity contribution in [3.8, 4) is 0 Å². The third kappa shape index (κ3) is 4.39. The Labute approximate surface area is 125 Å². The lowest BCUT2D eigenvalue weighted by molar-refractivity contribution is -0.137. The van der Waals surface area contributed by atoms with Crippen molar-refractivity contribution in [3.05, 3.63) is 34.9 Å². The Bertz CT molecular complexity index is 525. The predicted octanol–water partition coefficient (Wildman–Crippen LogP) is 2.59. The lowest BCUT2D eigenvalue weighted by atomic mass is 9.89. The van der Waals surface area contributed by atoms with E-state index in [1.54, 1.807) is 0 Å². The molecule has 0 fully saturated rings. The smallest absolute Gasteiger partial charge is 0.303 e. The molecule has 21 heavy (non-hydrogen) atoms. The number of rotatable bonds is 7. The first-order chi connectivity index (χ1) is 10.1. The molecule has 0 saturated carbocycles. The number of carboxylic acids is 1. The van der Waals surface area contributed by atoms with Gasteiger partial charge in [-0.25, -0.2) is 0 Å². The first-order valence-corrected chi connectivity index (χ1v) is 7.69. The van der Waals surface area contributed by atoms with Crippen molar-refractivity contribution in [2.24, 2.45) is 0 Å². The Morgan fingerprint density at radius 3 is 2.67 bits per heavy atom. The maximum Gasteiger partial charge on any atom is 0.303 e. The zero-order valence-electron chi connectivity index (χ0n) is 12.5. The highest BCUT2D eigenvalue weighted by molar-refractivity contribution is 6.00. The van der Waals surface area contributed by atoms with Crippen LogP contribution in [0.2, 0.25) is 0 Å². The first-order valence-electron chi connectivity index (χ1n) is 7.69. The molecule has 2 rings (SSSR count). The second-order valence-electron chi connectivity index (χ2n) is 5.73. The summed E-state index contributed by atoms with van der Waals surface area (Å²) < 4.78 is 0. The third-order valence-electron chi connectivity index (χ3n) is 4.04. The average Bonchev–Trinajstić information content (AvgIpc) is 2.50. The van der Waals surface area contributed by atoms with E-state index in [0.29, 0.717) is 13.0 Å². The zero-order valence-corrected chi connectivity index (χ0v) is 12.5. The second kappa shape index (κ2) is 7.36. The fourth-order valence-electron chi connectivity index (χ4n) is 2.79. The fourth-order valence-corrected chi connectivity index (χ4v) is 2.79. The molecule has 0 aliphatic heterocycles. The van der Waals surface area contributed by atoms with E-state index >= 15 is 0 Å². The molecule has 2 N–H and O–H groups in total. The van der Waals surface area contributed by atoms with Crippen LogP contribution >= 0.6 is 0 Å². The number of aryl methyl sites for hydroxylation is 2. The molecular weight excluding hydrogens is 266 g/mol. The van der Waals surface area contributed by atoms with Crippen molar-refractivity contribution in [3.63, 3.8) is 0 Å². The minimum absolute atomic E-state index is 0.0821. The summed E-state index contributed by atoms with van der Waals surface area (Å²) in [6.07, 6.45) is 5.29. The number of nitrogens with one attached hydrogen (secondary N) is 1. The van der Waals surface area contributed by atoms with Crippen LogP contribution in [0.4, 0.5) is 0 Å². The molecule has 0 spiro atoms. The number of benzene rings is 1. The maximum absolute atomic E-state index is 12.4. The van der Waals surface area contributed by atoms with E-state index in [0.717, 1.165) is 18.4 Å².